The number of aryl methyl sites for hydroxylation is 2. The van der Waals surface area contributed by atoms with E-state index in [2.05, 4.69) is 4.99 Å². The first-order valence-corrected chi connectivity index (χ1v) is 12.8. The molecule has 0 radical (unpaired) electrons. The lowest BCUT2D eigenvalue weighted by Crippen LogP contribution is -2.32. The molecule has 0 spiro atoms. The van der Waals surface area contributed by atoms with Crippen LogP contribution in [0.3, 0.4) is 0 Å². The predicted molar refractivity (Wildman–Crippen MR) is 126 cm³/mol. The van der Waals surface area contributed by atoms with Crippen LogP contribution < -0.4 is 4.80 Å². The molecular weight excluding hydrogens is 454 g/mol. The lowest BCUT2D eigenvalue weighted by molar-refractivity contribution is 0.0998. The third-order valence-electron chi connectivity index (χ3n) is 4.98. The molecule has 0 atom stereocenters. The predicted octanol–water partition coefficient (Wildman–Crippen LogP) is 4.75. The van der Waals surface area contributed by atoms with Crippen LogP contribution in [0.5, 0.6) is 0 Å². The minimum Gasteiger partial charge on any atom is -0.319 e. The topological polar surface area (TPSA) is 71.7 Å². The fraction of sp³-hybridized carbons (Fsp3) is 0.364. The SMILES string of the molecule is CCCN(CCC)S(=O)(=O)c1ccc(C(=O)N=c2sc3c(Cl)ccc(C)c3n2C)cc1. The number of amides is 1. The maximum absolute atomic E-state index is 12.9. The number of aromatic nitrogens is 1. The lowest BCUT2D eigenvalue weighted by atomic mass is 10.2. The summed E-state index contributed by atoms with van der Waals surface area (Å²) in [6.45, 7) is 6.82. The van der Waals surface area contributed by atoms with E-state index in [0.717, 1.165) is 28.6 Å². The van der Waals surface area contributed by atoms with E-state index in [4.69, 9.17) is 11.6 Å². The Morgan fingerprint density at radius 3 is 2.26 bits per heavy atom. The molecule has 2 aromatic carbocycles. The highest BCUT2D eigenvalue weighted by atomic mass is 35.5. The summed E-state index contributed by atoms with van der Waals surface area (Å²) < 4.78 is 30.0. The van der Waals surface area contributed by atoms with E-state index in [0.29, 0.717) is 28.5 Å². The number of thiazole rings is 1. The molecule has 0 fully saturated rings. The average Bonchev–Trinajstić information content (AvgIpc) is 3.08. The van der Waals surface area contributed by atoms with Gasteiger partial charge in [-0.25, -0.2) is 8.42 Å². The van der Waals surface area contributed by atoms with Crippen LogP contribution in [0.15, 0.2) is 46.3 Å². The highest BCUT2D eigenvalue weighted by molar-refractivity contribution is 7.89. The van der Waals surface area contributed by atoms with Gasteiger partial charge < -0.3 is 4.57 Å². The molecule has 0 aliphatic heterocycles. The quantitative estimate of drug-likeness (QED) is 0.490. The minimum atomic E-state index is -3.59. The summed E-state index contributed by atoms with van der Waals surface area (Å²) >= 11 is 7.66. The van der Waals surface area contributed by atoms with Gasteiger partial charge in [-0.3, -0.25) is 4.79 Å². The van der Waals surface area contributed by atoms with E-state index >= 15 is 0 Å². The van der Waals surface area contributed by atoms with Crippen LogP contribution in [-0.4, -0.2) is 36.3 Å². The smallest absolute Gasteiger partial charge is 0.279 e. The summed E-state index contributed by atoms with van der Waals surface area (Å²) in [5.41, 5.74) is 2.32. The Morgan fingerprint density at radius 1 is 1.10 bits per heavy atom. The van der Waals surface area contributed by atoms with E-state index < -0.39 is 15.9 Å². The molecule has 0 saturated heterocycles. The first kappa shape index (κ1) is 23.7. The molecule has 1 amide bonds. The maximum Gasteiger partial charge on any atom is 0.279 e. The van der Waals surface area contributed by atoms with Crippen molar-refractivity contribution < 1.29 is 13.2 Å². The maximum atomic E-state index is 12.9. The zero-order valence-electron chi connectivity index (χ0n) is 18.1. The molecule has 6 nitrogen and oxygen atoms in total. The minimum absolute atomic E-state index is 0.181. The Labute approximate surface area is 191 Å². The summed E-state index contributed by atoms with van der Waals surface area (Å²) in [5.74, 6) is -0.432. The molecule has 0 saturated carbocycles. The molecule has 0 aliphatic carbocycles. The van der Waals surface area contributed by atoms with Crippen molar-refractivity contribution >= 4 is 49.1 Å². The largest absolute Gasteiger partial charge is 0.319 e. The van der Waals surface area contributed by atoms with Gasteiger partial charge in [0, 0.05) is 25.7 Å². The Balaban J connectivity index is 1.94. The number of fused-ring (bicyclic) bond motifs is 1. The number of benzene rings is 2. The molecule has 0 unspecified atom stereocenters. The summed E-state index contributed by atoms with van der Waals surface area (Å²) in [5, 5.41) is 0.619. The third-order valence-corrected chi connectivity index (χ3v) is 8.49. The Morgan fingerprint density at radius 2 is 1.71 bits per heavy atom. The Hall–Kier alpha value is -2.00. The molecule has 1 aromatic heterocycles. The molecule has 3 aromatic rings. The lowest BCUT2D eigenvalue weighted by Gasteiger charge is -2.21. The van der Waals surface area contributed by atoms with Gasteiger partial charge >= 0.3 is 0 Å². The van der Waals surface area contributed by atoms with E-state index in [-0.39, 0.29) is 4.90 Å². The van der Waals surface area contributed by atoms with Crippen molar-refractivity contribution in [2.45, 2.75) is 38.5 Å². The van der Waals surface area contributed by atoms with Gasteiger partial charge in [0.05, 0.1) is 20.1 Å². The molecule has 31 heavy (non-hydrogen) atoms. The van der Waals surface area contributed by atoms with Crippen LogP contribution in [-0.2, 0) is 17.1 Å². The second-order valence-corrected chi connectivity index (χ2v) is 10.7. The normalized spacial score (nSPS) is 12.8. The van der Waals surface area contributed by atoms with Gasteiger partial charge in [0.1, 0.15) is 0 Å². The van der Waals surface area contributed by atoms with Crippen molar-refractivity contribution in [3.63, 3.8) is 0 Å². The van der Waals surface area contributed by atoms with Crippen molar-refractivity contribution in [2.24, 2.45) is 12.0 Å². The van der Waals surface area contributed by atoms with Crippen LogP contribution in [0.25, 0.3) is 10.2 Å². The highest BCUT2D eigenvalue weighted by Crippen LogP contribution is 2.28. The molecule has 166 valence electrons. The number of hydrogen-bond acceptors (Lipinski definition) is 4. The number of rotatable bonds is 7. The monoisotopic (exact) mass is 479 g/mol. The number of carbonyl (C=O) groups excluding carboxylic acids is 1. The van der Waals surface area contributed by atoms with E-state index in [1.54, 1.807) is 0 Å². The average molecular weight is 480 g/mol. The Kier molecular flexibility index (Phi) is 7.36. The highest BCUT2D eigenvalue weighted by Gasteiger charge is 2.23. The van der Waals surface area contributed by atoms with Crippen molar-refractivity contribution in [3.8, 4) is 0 Å². The number of hydrogen-bond donors (Lipinski definition) is 0. The fourth-order valence-electron chi connectivity index (χ4n) is 3.43. The number of nitrogens with zero attached hydrogens (tertiary/aromatic N) is 3. The van der Waals surface area contributed by atoms with E-state index in [9.17, 15) is 13.2 Å². The third kappa shape index (κ3) is 4.77. The molecule has 9 heteroatoms. The van der Waals surface area contributed by atoms with Crippen LogP contribution in [0, 0.1) is 6.92 Å². The van der Waals surface area contributed by atoms with Gasteiger partial charge in [-0.05, 0) is 55.7 Å². The molecule has 0 N–H and O–H groups in total. The van der Waals surface area contributed by atoms with Crippen LogP contribution in [0.1, 0.15) is 42.6 Å². The molecule has 3 rings (SSSR count). The van der Waals surface area contributed by atoms with Crippen molar-refractivity contribution in [1.29, 1.82) is 0 Å². The Bertz CT molecular complexity index is 1270. The van der Waals surface area contributed by atoms with Crippen molar-refractivity contribution in [1.82, 2.24) is 8.87 Å². The summed E-state index contributed by atoms with van der Waals surface area (Å²) in [7, 11) is -1.74. The van der Waals surface area contributed by atoms with Crippen LogP contribution in [0.2, 0.25) is 5.02 Å². The van der Waals surface area contributed by atoms with Crippen molar-refractivity contribution in [3.05, 3.63) is 57.3 Å². The van der Waals surface area contributed by atoms with Crippen LogP contribution >= 0.6 is 22.9 Å². The van der Waals surface area contributed by atoms with Gasteiger partial charge in [0.15, 0.2) is 4.80 Å². The fourth-order valence-corrected chi connectivity index (χ4v) is 6.42. The second kappa shape index (κ2) is 9.65. The van der Waals surface area contributed by atoms with Gasteiger partial charge in [-0.2, -0.15) is 9.30 Å². The first-order chi connectivity index (χ1) is 14.7. The van der Waals surface area contributed by atoms with E-state index in [1.807, 2.05) is 44.5 Å². The molecular formula is C22H26ClN3O3S2. The molecule has 0 bridgehead atoms. The van der Waals surface area contributed by atoms with Gasteiger partial charge in [-0.1, -0.05) is 42.9 Å². The standard InChI is InChI=1S/C22H26ClN3O3S2/c1-5-13-26(14-6-2)31(28,29)17-10-8-16(9-11-17)21(27)24-22-25(4)19-15(3)7-12-18(23)20(19)30-22/h7-12H,5-6,13-14H2,1-4H3. The van der Waals surface area contributed by atoms with Crippen LogP contribution in [0.4, 0.5) is 0 Å². The number of halogens is 1. The van der Waals surface area contributed by atoms with Crippen molar-refractivity contribution in [2.75, 3.05) is 13.1 Å². The summed E-state index contributed by atoms with van der Waals surface area (Å²) in [6.07, 6.45) is 1.48. The zero-order valence-corrected chi connectivity index (χ0v) is 20.4. The van der Waals surface area contributed by atoms with Gasteiger partial charge in [-0.15, -0.1) is 0 Å². The number of carbonyl (C=O) groups is 1. The van der Waals surface area contributed by atoms with Gasteiger partial charge in [0.2, 0.25) is 10.0 Å². The summed E-state index contributed by atoms with van der Waals surface area (Å²) in [4.78, 5) is 17.7. The number of sulfonamides is 1. The first-order valence-electron chi connectivity index (χ1n) is 10.1. The molecule has 0 aliphatic rings. The van der Waals surface area contributed by atoms with E-state index in [1.165, 1.54) is 39.9 Å². The second-order valence-electron chi connectivity index (χ2n) is 7.33. The molecule has 1 heterocycles. The van der Waals surface area contributed by atoms with Gasteiger partial charge in [0.25, 0.3) is 5.91 Å². The summed E-state index contributed by atoms with van der Waals surface area (Å²) in [6, 6.07) is 9.74. The zero-order chi connectivity index (χ0) is 22.8.